The van der Waals surface area contributed by atoms with Gasteiger partial charge in [-0.15, -0.1) is 0 Å². The number of hydrogen-bond donors (Lipinski definition) is 1. The monoisotopic (exact) mass is 273 g/mol. The number of benzene rings is 1. The van der Waals surface area contributed by atoms with Crippen molar-refractivity contribution in [2.75, 3.05) is 23.8 Å². The zero-order chi connectivity index (χ0) is 14.5. The third-order valence-electron chi connectivity index (χ3n) is 2.94. The van der Waals surface area contributed by atoms with E-state index >= 15 is 0 Å². The summed E-state index contributed by atoms with van der Waals surface area (Å²) in [5.74, 6) is -0.717. The lowest BCUT2D eigenvalue weighted by molar-refractivity contribution is 0.0993. The Kier molecular flexibility index (Phi) is 4.30. The van der Waals surface area contributed by atoms with Crippen molar-refractivity contribution in [3.63, 3.8) is 0 Å². The van der Waals surface area contributed by atoms with E-state index < -0.39 is 5.82 Å². The number of anilines is 2. The van der Waals surface area contributed by atoms with Crippen LogP contribution in [0.2, 0.25) is 0 Å². The predicted molar refractivity (Wildman–Crippen MR) is 77.5 cm³/mol. The van der Waals surface area contributed by atoms with Crippen LogP contribution in [0.1, 0.15) is 17.3 Å². The van der Waals surface area contributed by atoms with E-state index in [1.165, 1.54) is 17.0 Å². The summed E-state index contributed by atoms with van der Waals surface area (Å²) in [7, 11) is 1.64. The summed E-state index contributed by atoms with van der Waals surface area (Å²) in [5.41, 5.74) is 1.19. The molecule has 0 unspecified atom stereocenters. The van der Waals surface area contributed by atoms with Gasteiger partial charge in [-0.1, -0.05) is 6.07 Å². The molecule has 4 nitrogen and oxygen atoms in total. The molecule has 1 N–H and O–H groups in total. The number of nitrogens with one attached hydrogen (secondary N) is 1. The Bertz CT molecular complexity index is 601. The van der Waals surface area contributed by atoms with Gasteiger partial charge in [-0.25, -0.2) is 4.39 Å². The summed E-state index contributed by atoms with van der Waals surface area (Å²) >= 11 is 0. The molecule has 0 radical (unpaired) electrons. The summed E-state index contributed by atoms with van der Waals surface area (Å²) in [6, 6.07) is 7.99. The second kappa shape index (κ2) is 6.14. The van der Waals surface area contributed by atoms with Crippen LogP contribution in [0.15, 0.2) is 42.7 Å². The lowest BCUT2D eigenvalue weighted by atomic mass is 10.1. The Morgan fingerprint density at radius 1 is 1.35 bits per heavy atom. The second-order valence-electron chi connectivity index (χ2n) is 4.27. The van der Waals surface area contributed by atoms with E-state index in [0.717, 1.165) is 0 Å². The van der Waals surface area contributed by atoms with Gasteiger partial charge in [0.25, 0.3) is 5.91 Å². The minimum Gasteiger partial charge on any atom is -0.382 e. The molecule has 0 fully saturated rings. The Balaban J connectivity index is 2.36. The van der Waals surface area contributed by atoms with Gasteiger partial charge in [0.1, 0.15) is 5.82 Å². The third-order valence-corrected chi connectivity index (χ3v) is 2.94. The van der Waals surface area contributed by atoms with Crippen molar-refractivity contribution in [2.24, 2.45) is 0 Å². The number of nitrogens with zero attached hydrogens (tertiary/aromatic N) is 2. The summed E-state index contributed by atoms with van der Waals surface area (Å²) in [6.07, 6.45) is 3.22. The zero-order valence-corrected chi connectivity index (χ0v) is 11.4. The molecule has 0 aliphatic rings. The van der Waals surface area contributed by atoms with Crippen LogP contribution >= 0.6 is 0 Å². The molecule has 0 aliphatic heterocycles. The maximum Gasteiger partial charge on any atom is 0.260 e. The van der Waals surface area contributed by atoms with Crippen molar-refractivity contribution in [1.29, 1.82) is 0 Å². The Labute approximate surface area is 117 Å². The molecule has 0 aliphatic carbocycles. The average molecular weight is 273 g/mol. The maximum absolute atomic E-state index is 13.8. The zero-order valence-electron chi connectivity index (χ0n) is 11.4. The number of rotatable bonds is 4. The first-order chi connectivity index (χ1) is 9.65. The highest BCUT2D eigenvalue weighted by Crippen LogP contribution is 2.23. The number of carbonyl (C=O) groups excluding carboxylic acids is 1. The highest BCUT2D eigenvalue weighted by Gasteiger charge is 2.19. The summed E-state index contributed by atoms with van der Waals surface area (Å²) in [5, 5.41) is 2.89. The molecule has 2 rings (SSSR count). The van der Waals surface area contributed by atoms with Crippen molar-refractivity contribution in [3.8, 4) is 0 Å². The third kappa shape index (κ3) is 2.77. The van der Waals surface area contributed by atoms with Crippen LogP contribution in [-0.4, -0.2) is 24.5 Å². The number of aromatic nitrogens is 1. The van der Waals surface area contributed by atoms with Gasteiger partial charge in [-0.05, 0) is 31.2 Å². The van der Waals surface area contributed by atoms with Crippen LogP contribution in [0.3, 0.4) is 0 Å². The number of para-hydroxylation sites is 1. The van der Waals surface area contributed by atoms with Crippen molar-refractivity contribution >= 4 is 17.3 Å². The number of pyridine rings is 1. The molecule has 0 atom stereocenters. The van der Waals surface area contributed by atoms with E-state index in [0.29, 0.717) is 17.8 Å². The fourth-order valence-electron chi connectivity index (χ4n) is 1.91. The molecular weight excluding hydrogens is 257 g/mol. The van der Waals surface area contributed by atoms with Gasteiger partial charge >= 0.3 is 0 Å². The molecule has 1 heterocycles. The quantitative estimate of drug-likeness (QED) is 0.931. The van der Waals surface area contributed by atoms with Crippen LogP contribution in [0.25, 0.3) is 0 Å². The molecule has 104 valence electrons. The molecule has 20 heavy (non-hydrogen) atoms. The highest BCUT2D eigenvalue weighted by atomic mass is 19.1. The molecule has 1 amide bonds. The first-order valence-corrected chi connectivity index (χ1v) is 6.35. The van der Waals surface area contributed by atoms with Crippen molar-refractivity contribution in [2.45, 2.75) is 6.92 Å². The topological polar surface area (TPSA) is 45.2 Å². The van der Waals surface area contributed by atoms with E-state index in [-0.39, 0.29) is 11.6 Å². The molecule has 2 aromatic rings. The van der Waals surface area contributed by atoms with E-state index in [1.54, 1.807) is 37.6 Å². The molecule has 5 heteroatoms. The molecule has 0 saturated heterocycles. The van der Waals surface area contributed by atoms with Crippen molar-refractivity contribution in [3.05, 3.63) is 54.1 Å². The number of amides is 1. The first-order valence-electron chi connectivity index (χ1n) is 6.35. The van der Waals surface area contributed by atoms with Gasteiger partial charge < -0.3 is 10.2 Å². The van der Waals surface area contributed by atoms with Gasteiger partial charge in [0.2, 0.25) is 0 Å². The SMILES string of the molecule is CCNc1c(F)cccc1C(=O)N(C)c1cccnc1. The van der Waals surface area contributed by atoms with E-state index in [2.05, 4.69) is 10.3 Å². The molecule has 1 aromatic carbocycles. The minimum absolute atomic E-state index is 0.232. The summed E-state index contributed by atoms with van der Waals surface area (Å²) < 4.78 is 13.8. The molecular formula is C15H16FN3O. The molecule has 0 bridgehead atoms. The summed E-state index contributed by atoms with van der Waals surface area (Å²) in [4.78, 5) is 17.9. The smallest absolute Gasteiger partial charge is 0.260 e. The van der Waals surface area contributed by atoms with Gasteiger partial charge in [0, 0.05) is 19.8 Å². The standard InChI is InChI=1S/C15H16FN3O/c1-3-18-14-12(7-4-8-13(14)16)15(20)19(2)11-6-5-9-17-10-11/h4-10,18H,3H2,1-2H3. The Hall–Kier alpha value is -2.43. The first kappa shape index (κ1) is 14.0. The molecule has 0 spiro atoms. The normalized spacial score (nSPS) is 10.2. The fraction of sp³-hybridized carbons (Fsp3) is 0.200. The van der Waals surface area contributed by atoms with Crippen molar-refractivity contribution in [1.82, 2.24) is 4.98 Å². The number of hydrogen-bond acceptors (Lipinski definition) is 3. The highest BCUT2D eigenvalue weighted by molar-refractivity contribution is 6.09. The van der Waals surface area contributed by atoms with E-state index in [4.69, 9.17) is 0 Å². The minimum atomic E-state index is -0.433. The van der Waals surface area contributed by atoms with Crippen LogP contribution in [0.5, 0.6) is 0 Å². The number of carbonyl (C=O) groups is 1. The Morgan fingerprint density at radius 2 is 2.15 bits per heavy atom. The average Bonchev–Trinajstić information content (AvgIpc) is 2.49. The lowest BCUT2D eigenvalue weighted by Gasteiger charge is -2.19. The van der Waals surface area contributed by atoms with Crippen LogP contribution in [-0.2, 0) is 0 Å². The van der Waals surface area contributed by atoms with Crippen LogP contribution in [0, 0.1) is 5.82 Å². The number of halogens is 1. The van der Waals surface area contributed by atoms with Crippen LogP contribution < -0.4 is 10.2 Å². The lowest BCUT2D eigenvalue weighted by Crippen LogP contribution is -2.27. The van der Waals surface area contributed by atoms with E-state index in [9.17, 15) is 9.18 Å². The molecule has 0 saturated carbocycles. The Morgan fingerprint density at radius 3 is 2.80 bits per heavy atom. The van der Waals surface area contributed by atoms with Gasteiger partial charge in [-0.2, -0.15) is 0 Å². The summed E-state index contributed by atoms with van der Waals surface area (Å²) in [6.45, 7) is 2.39. The van der Waals surface area contributed by atoms with Crippen molar-refractivity contribution < 1.29 is 9.18 Å². The maximum atomic E-state index is 13.8. The predicted octanol–water partition coefficient (Wildman–Crippen LogP) is 2.93. The van der Waals surface area contributed by atoms with Crippen LogP contribution in [0.4, 0.5) is 15.8 Å². The fourth-order valence-corrected chi connectivity index (χ4v) is 1.91. The largest absolute Gasteiger partial charge is 0.382 e. The second-order valence-corrected chi connectivity index (χ2v) is 4.27. The molecule has 1 aromatic heterocycles. The van der Waals surface area contributed by atoms with Gasteiger partial charge in [0.05, 0.1) is 23.1 Å². The van der Waals surface area contributed by atoms with Gasteiger partial charge in [-0.3, -0.25) is 9.78 Å². The van der Waals surface area contributed by atoms with Gasteiger partial charge in [0.15, 0.2) is 0 Å². The van der Waals surface area contributed by atoms with E-state index in [1.807, 2.05) is 6.92 Å².